The number of aromatic amines is 1. The van der Waals surface area contributed by atoms with Gasteiger partial charge in [-0.1, -0.05) is 12.5 Å². The second-order valence-corrected chi connectivity index (χ2v) is 5.88. The van der Waals surface area contributed by atoms with Gasteiger partial charge in [0.05, 0.1) is 10.9 Å². The molecule has 1 fully saturated rings. The Morgan fingerprint density at radius 1 is 1.22 bits per heavy atom. The highest BCUT2D eigenvalue weighted by atomic mass is 19.1. The highest BCUT2D eigenvalue weighted by Gasteiger charge is 2.25. The molecule has 2 aromatic heterocycles. The number of hydrogen-bond acceptors (Lipinski definition) is 2. The minimum atomic E-state index is -0.454. The van der Waals surface area contributed by atoms with Crippen LogP contribution in [-0.4, -0.2) is 15.2 Å². The number of benzene rings is 1. The smallest absolute Gasteiger partial charge is 0.216 e. The van der Waals surface area contributed by atoms with Crippen LogP contribution in [0.5, 0.6) is 0 Å². The van der Waals surface area contributed by atoms with Crippen LogP contribution < -0.4 is 0 Å². The molecule has 116 valence electrons. The second kappa shape index (κ2) is 5.57. The van der Waals surface area contributed by atoms with E-state index in [1.807, 2.05) is 12.1 Å². The van der Waals surface area contributed by atoms with Crippen LogP contribution >= 0.6 is 0 Å². The van der Waals surface area contributed by atoms with Crippen LogP contribution in [0.3, 0.4) is 0 Å². The summed E-state index contributed by atoms with van der Waals surface area (Å²) in [6.45, 7) is 0. The first kappa shape index (κ1) is 14.1. The monoisotopic (exact) mass is 311 g/mol. The van der Waals surface area contributed by atoms with Gasteiger partial charge in [0.15, 0.2) is 0 Å². The normalized spacial score (nSPS) is 15.8. The molecule has 1 N–H and O–H groups in total. The molecule has 0 spiro atoms. The molecule has 1 aliphatic carbocycles. The third-order valence-electron chi connectivity index (χ3n) is 4.43. The van der Waals surface area contributed by atoms with E-state index in [-0.39, 0.29) is 5.82 Å². The highest BCUT2D eigenvalue weighted by molar-refractivity contribution is 5.87. The molecule has 0 bridgehead atoms. The van der Waals surface area contributed by atoms with Gasteiger partial charge < -0.3 is 0 Å². The summed E-state index contributed by atoms with van der Waals surface area (Å²) in [5.41, 5.74) is 2.68. The standard InChI is InChI=1S/C18H15F2N3/c19-15-5-2-8-21-17(15)13(12-3-1-4-12)9-11-6-7-16-14(10-11)18(20)23-22-16/h2,5-10,12H,1,3-4H2,(H,22,23)/b13-9+. The fourth-order valence-electron chi connectivity index (χ4n) is 2.96. The van der Waals surface area contributed by atoms with Crippen LogP contribution in [0.4, 0.5) is 8.78 Å². The first-order valence-corrected chi connectivity index (χ1v) is 7.68. The predicted octanol–water partition coefficient (Wildman–Crippen LogP) is 4.58. The number of H-pyrrole nitrogens is 1. The third-order valence-corrected chi connectivity index (χ3v) is 4.43. The molecule has 0 aliphatic heterocycles. The number of nitrogens with one attached hydrogen (secondary N) is 1. The fraction of sp³-hybridized carbons (Fsp3) is 0.222. The van der Waals surface area contributed by atoms with Crippen LogP contribution in [0.25, 0.3) is 22.6 Å². The van der Waals surface area contributed by atoms with Gasteiger partial charge in [0.2, 0.25) is 5.95 Å². The molecule has 23 heavy (non-hydrogen) atoms. The van der Waals surface area contributed by atoms with Crippen molar-refractivity contribution in [2.45, 2.75) is 19.3 Å². The summed E-state index contributed by atoms with van der Waals surface area (Å²) in [7, 11) is 0. The molecule has 0 saturated heterocycles. The Morgan fingerprint density at radius 2 is 2.09 bits per heavy atom. The van der Waals surface area contributed by atoms with Crippen molar-refractivity contribution in [3.8, 4) is 0 Å². The number of pyridine rings is 1. The maximum absolute atomic E-state index is 14.2. The maximum atomic E-state index is 14.2. The van der Waals surface area contributed by atoms with Crippen LogP contribution in [0.2, 0.25) is 0 Å². The van der Waals surface area contributed by atoms with Crippen LogP contribution in [0.15, 0.2) is 36.5 Å². The molecular weight excluding hydrogens is 296 g/mol. The summed E-state index contributed by atoms with van der Waals surface area (Å²) < 4.78 is 27.8. The lowest BCUT2D eigenvalue weighted by molar-refractivity contribution is 0.399. The van der Waals surface area contributed by atoms with Gasteiger partial charge in [-0.15, -0.1) is 0 Å². The first-order chi connectivity index (χ1) is 11.2. The van der Waals surface area contributed by atoms with Gasteiger partial charge in [0, 0.05) is 6.20 Å². The second-order valence-electron chi connectivity index (χ2n) is 5.88. The van der Waals surface area contributed by atoms with E-state index < -0.39 is 5.95 Å². The molecule has 4 rings (SSSR count). The lowest BCUT2D eigenvalue weighted by Crippen LogP contribution is -2.14. The van der Waals surface area contributed by atoms with Crippen molar-refractivity contribution in [1.29, 1.82) is 0 Å². The average molecular weight is 311 g/mol. The van der Waals surface area contributed by atoms with Crippen molar-refractivity contribution in [2.24, 2.45) is 5.92 Å². The van der Waals surface area contributed by atoms with E-state index in [4.69, 9.17) is 0 Å². The quantitative estimate of drug-likeness (QED) is 0.769. The van der Waals surface area contributed by atoms with E-state index in [1.54, 1.807) is 24.4 Å². The van der Waals surface area contributed by atoms with Gasteiger partial charge in [0.25, 0.3) is 0 Å². The van der Waals surface area contributed by atoms with E-state index >= 15 is 0 Å². The molecule has 1 aliphatic rings. The summed E-state index contributed by atoms with van der Waals surface area (Å²) in [5.74, 6) is -0.463. The van der Waals surface area contributed by atoms with Gasteiger partial charge in [-0.25, -0.2) is 4.39 Å². The number of allylic oxidation sites excluding steroid dienone is 1. The highest BCUT2D eigenvalue weighted by Crippen LogP contribution is 2.39. The largest absolute Gasteiger partial charge is 0.254 e. The lowest BCUT2D eigenvalue weighted by atomic mass is 9.77. The van der Waals surface area contributed by atoms with E-state index in [2.05, 4.69) is 15.2 Å². The zero-order valence-electron chi connectivity index (χ0n) is 12.4. The number of nitrogens with zero attached hydrogens (tertiary/aromatic N) is 2. The van der Waals surface area contributed by atoms with Crippen molar-refractivity contribution >= 4 is 22.6 Å². The molecule has 0 atom stereocenters. The molecule has 3 nitrogen and oxygen atoms in total. The Bertz CT molecular complexity index is 894. The van der Waals surface area contributed by atoms with Crippen molar-refractivity contribution < 1.29 is 8.78 Å². The van der Waals surface area contributed by atoms with E-state index in [0.717, 1.165) is 30.4 Å². The Balaban J connectivity index is 1.82. The van der Waals surface area contributed by atoms with Gasteiger partial charge in [-0.05, 0) is 60.2 Å². The molecule has 1 aromatic carbocycles. The maximum Gasteiger partial charge on any atom is 0.216 e. The Hall–Kier alpha value is -2.56. The topological polar surface area (TPSA) is 41.6 Å². The van der Waals surface area contributed by atoms with Gasteiger partial charge in [-0.2, -0.15) is 9.49 Å². The van der Waals surface area contributed by atoms with Crippen molar-refractivity contribution in [3.05, 3.63) is 59.6 Å². The number of fused-ring (bicyclic) bond motifs is 1. The van der Waals surface area contributed by atoms with Crippen LogP contribution in [0, 0.1) is 17.7 Å². The van der Waals surface area contributed by atoms with E-state index in [0.29, 0.717) is 22.5 Å². The fourth-order valence-corrected chi connectivity index (χ4v) is 2.96. The molecule has 0 unspecified atom stereocenters. The van der Waals surface area contributed by atoms with E-state index in [9.17, 15) is 8.78 Å². The minimum Gasteiger partial charge on any atom is -0.254 e. The Morgan fingerprint density at radius 3 is 2.83 bits per heavy atom. The third kappa shape index (κ3) is 2.52. The average Bonchev–Trinajstić information content (AvgIpc) is 2.87. The summed E-state index contributed by atoms with van der Waals surface area (Å²) in [6.07, 6.45) is 6.73. The molecule has 0 amide bonds. The van der Waals surface area contributed by atoms with Crippen LogP contribution in [-0.2, 0) is 0 Å². The zero-order valence-corrected chi connectivity index (χ0v) is 12.4. The summed E-state index contributed by atoms with van der Waals surface area (Å²) in [5, 5.41) is 6.65. The Labute approximate surface area is 132 Å². The van der Waals surface area contributed by atoms with Gasteiger partial charge >= 0.3 is 0 Å². The summed E-state index contributed by atoms with van der Waals surface area (Å²) >= 11 is 0. The van der Waals surface area contributed by atoms with Crippen LogP contribution in [0.1, 0.15) is 30.5 Å². The molecule has 2 heterocycles. The number of rotatable bonds is 3. The van der Waals surface area contributed by atoms with Gasteiger partial charge in [-0.3, -0.25) is 10.1 Å². The van der Waals surface area contributed by atoms with Crippen molar-refractivity contribution in [3.63, 3.8) is 0 Å². The number of halogens is 2. The van der Waals surface area contributed by atoms with Crippen molar-refractivity contribution in [1.82, 2.24) is 15.2 Å². The molecule has 5 heteroatoms. The SMILES string of the molecule is Fc1cccnc1/C(=C/c1ccc2n[nH]c(F)c2c1)C1CCC1. The molecular formula is C18H15F2N3. The minimum absolute atomic E-state index is 0.310. The Kier molecular flexibility index (Phi) is 3.41. The lowest BCUT2D eigenvalue weighted by Gasteiger charge is -2.28. The van der Waals surface area contributed by atoms with E-state index in [1.165, 1.54) is 6.07 Å². The summed E-state index contributed by atoms with van der Waals surface area (Å²) in [6, 6.07) is 8.36. The number of hydrogen-bond donors (Lipinski definition) is 1. The molecule has 1 saturated carbocycles. The molecule has 0 radical (unpaired) electrons. The zero-order chi connectivity index (χ0) is 15.8. The summed E-state index contributed by atoms with van der Waals surface area (Å²) in [4.78, 5) is 4.21. The number of aromatic nitrogens is 3. The first-order valence-electron chi connectivity index (χ1n) is 7.68. The predicted molar refractivity (Wildman–Crippen MR) is 85.5 cm³/mol. The van der Waals surface area contributed by atoms with Crippen molar-refractivity contribution in [2.75, 3.05) is 0 Å². The van der Waals surface area contributed by atoms with Gasteiger partial charge in [0.1, 0.15) is 11.5 Å². The molecule has 3 aromatic rings.